The van der Waals surface area contributed by atoms with Crippen LogP contribution in [0, 0.1) is 0 Å². The third-order valence-corrected chi connectivity index (χ3v) is 4.30. The summed E-state index contributed by atoms with van der Waals surface area (Å²) in [5.74, 6) is -0.0985. The molecule has 1 aliphatic rings. The lowest BCUT2D eigenvalue weighted by Gasteiger charge is -2.26. The highest BCUT2D eigenvalue weighted by atomic mass is 32.1. The van der Waals surface area contributed by atoms with E-state index in [2.05, 4.69) is 10.3 Å². The summed E-state index contributed by atoms with van der Waals surface area (Å²) in [5, 5.41) is 5.58. The SMILES string of the molecule is CC(N)c1nc(C(=O)NC2CCC(N)CC2)cs1. The van der Waals surface area contributed by atoms with Gasteiger partial charge in [-0.2, -0.15) is 0 Å². The average molecular weight is 268 g/mol. The number of hydrogen-bond acceptors (Lipinski definition) is 5. The van der Waals surface area contributed by atoms with Crippen molar-refractivity contribution in [2.45, 2.75) is 50.7 Å². The maximum atomic E-state index is 12.0. The Morgan fingerprint density at radius 3 is 2.72 bits per heavy atom. The molecular formula is C12H20N4OS. The van der Waals surface area contributed by atoms with Gasteiger partial charge in [0.05, 0.1) is 6.04 Å². The Morgan fingerprint density at radius 1 is 1.50 bits per heavy atom. The number of carbonyl (C=O) groups excluding carboxylic acids is 1. The van der Waals surface area contributed by atoms with Gasteiger partial charge < -0.3 is 16.8 Å². The van der Waals surface area contributed by atoms with E-state index in [0.29, 0.717) is 11.7 Å². The molecule has 1 fully saturated rings. The largest absolute Gasteiger partial charge is 0.348 e. The van der Waals surface area contributed by atoms with Crippen LogP contribution < -0.4 is 16.8 Å². The maximum Gasteiger partial charge on any atom is 0.270 e. The Labute approximate surface area is 111 Å². The lowest BCUT2D eigenvalue weighted by atomic mass is 9.92. The minimum absolute atomic E-state index is 0.0985. The summed E-state index contributed by atoms with van der Waals surface area (Å²) in [6.45, 7) is 1.86. The molecule has 1 unspecified atom stereocenters. The lowest BCUT2D eigenvalue weighted by molar-refractivity contribution is 0.0921. The van der Waals surface area contributed by atoms with E-state index in [-0.39, 0.29) is 18.0 Å². The molecule has 1 aliphatic carbocycles. The molecule has 5 nitrogen and oxygen atoms in total. The van der Waals surface area contributed by atoms with Crippen molar-refractivity contribution in [3.05, 3.63) is 16.1 Å². The summed E-state index contributed by atoms with van der Waals surface area (Å²) in [7, 11) is 0. The van der Waals surface area contributed by atoms with Crippen LogP contribution in [0.2, 0.25) is 0 Å². The minimum Gasteiger partial charge on any atom is -0.348 e. The van der Waals surface area contributed by atoms with Crippen molar-refractivity contribution in [3.63, 3.8) is 0 Å². The summed E-state index contributed by atoms with van der Waals surface area (Å²) >= 11 is 1.43. The van der Waals surface area contributed by atoms with Gasteiger partial charge in [0.15, 0.2) is 0 Å². The summed E-state index contributed by atoms with van der Waals surface area (Å²) in [4.78, 5) is 16.2. The summed E-state index contributed by atoms with van der Waals surface area (Å²) in [6.07, 6.45) is 3.87. The molecule has 0 radical (unpaired) electrons. The van der Waals surface area contributed by atoms with Crippen molar-refractivity contribution >= 4 is 17.2 Å². The van der Waals surface area contributed by atoms with Gasteiger partial charge in [-0.3, -0.25) is 4.79 Å². The van der Waals surface area contributed by atoms with Crippen molar-refractivity contribution in [2.75, 3.05) is 0 Å². The first-order chi connectivity index (χ1) is 8.56. The Hall–Kier alpha value is -0.980. The van der Waals surface area contributed by atoms with E-state index in [1.165, 1.54) is 11.3 Å². The molecule has 1 amide bonds. The number of nitrogens with one attached hydrogen (secondary N) is 1. The molecular weight excluding hydrogens is 248 g/mol. The number of amides is 1. The first kappa shape index (κ1) is 13.5. The van der Waals surface area contributed by atoms with Crippen molar-refractivity contribution in [3.8, 4) is 0 Å². The van der Waals surface area contributed by atoms with Crippen LogP contribution in [0.3, 0.4) is 0 Å². The van der Waals surface area contributed by atoms with Crippen molar-refractivity contribution in [1.29, 1.82) is 0 Å². The standard InChI is InChI=1S/C12H20N4OS/c1-7(13)12-16-10(6-18-12)11(17)15-9-4-2-8(14)3-5-9/h6-9H,2-5,13-14H2,1H3,(H,15,17). The van der Waals surface area contributed by atoms with E-state index in [0.717, 1.165) is 30.7 Å². The van der Waals surface area contributed by atoms with Crippen LogP contribution in [0.1, 0.15) is 54.1 Å². The predicted molar refractivity (Wildman–Crippen MR) is 72.4 cm³/mol. The molecule has 2 rings (SSSR count). The van der Waals surface area contributed by atoms with Gasteiger partial charge in [-0.25, -0.2) is 4.98 Å². The fraction of sp³-hybridized carbons (Fsp3) is 0.667. The van der Waals surface area contributed by atoms with Crippen molar-refractivity contribution < 1.29 is 4.79 Å². The van der Waals surface area contributed by atoms with Gasteiger partial charge in [0, 0.05) is 17.5 Å². The number of thiazole rings is 1. The molecule has 5 N–H and O–H groups in total. The van der Waals surface area contributed by atoms with Crippen molar-refractivity contribution in [1.82, 2.24) is 10.3 Å². The zero-order valence-corrected chi connectivity index (χ0v) is 11.4. The minimum atomic E-state index is -0.121. The summed E-state index contributed by atoms with van der Waals surface area (Å²) < 4.78 is 0. The molecule has 1 saturated carbocycles. The first-order valence-electron chi connectivity index (χ1n) is 6.33. The topological polar surface area (TPSA) is 94.0 Å². The molecule has 1 atom stereocenters. The number of rotatable bonds is 3. The van der Waals surface area contributed by atoms with E-state index >= 15 is 0 Å². The van der Waals surface area contributed by atoms with Crippen LogP contribution >= 0.6 is 11.3 Å². The molecule has 0 saturated heterocycles. The Balaban J connectivity index is 1.91. The zero-order valence-electron chi connectivity index (χ0n) is 10.6. The third-order valence-electron chi connectivity index (χ3n) is 3.25. The number of aromatic nitrogens is 1. The maximum absolute atomic E-state index is 12.0. The van der Waals surface area contributed by atoms with Gasteiger partial charge in [-0.1, -0.05) is 0 Å². The highest BCUT2D eigenvalue weighted by Crippen LogP contribution is 2.19. The normalized spacial score (nSPS) is 25.7. The van der Waals surface area contributed by atoms with E-state index in [1.54, 1.807) is 5.38 Å². The van der Waals surface area contributed by atoms with Crippen LogP contribution in [0.15, 0.2) is 5.38 Å². The molecule has 1 heterocycles. The monoisotopic (exact) mass is 268 g/mol. The number of nitrogens with zero attached hydrogens (tertiary/aromatic N) is 1. The number of hydrogen-bond donors (Lipinski definition) is 3. The quantitative estimate of drug-likeness (QED) is 0.767. The van der Waals surface area contributed by atoms with Gasteiger partial charge in [-0.05, 0) is 32.6 Å². The molecule has 0 bridgehead atoms. The molecule has 0 aliphatic heterocycles. The molecule has 18 heavy (non-hydrogen) atoms. The molecule has 0 aromatic carbocycles. The van der Waals surface area contributed by atoms with Gasteiger partial charge in [0.1, 0.15) is 10.7 Å². The predicted octanol–water partition coefficient (Wildman–Crippen LogP) is 1.16. The fourth-order valence-electron chi connectivity index (χ4n) is 2.12. The van der Waals surface area contributed by atoms with E-state index in [4.69, 9.17) is 11.5 Å². The average Bonchev–Trinajstić information content (AvgIpc) is 2.81. The lowest BCUT2D eigenvalue weighted by Crippen LogP contribution is -2.40. The molecule has 1 aromatic rings. The van der Waals surface area contributed by atoms with Gasteiger partial charge in [-0.15, -0.1) is 11.3 Å². The molecule has 1 aromatic heterocycles. The van der Waals surface area contributed by atoms with Crippen LogP contribution in [-0.4, -0.2) is 23.0 Å². The third kappa shape index (κ3) is 3.28. The van der Waals surface area contributed by atoms with Gasteiger partial charge >= 0.3 is 0 Å². The van der Waals surface area contributed by atoms with Crippen molar-refractivity contribution in [2.24, 2.45) is 11.5 Å². The second-order valence-electron chi connectivity index (χ2n) is 4.94. The van der Waals surface area contributed by atoms with E-state index in [9.17, 15) is 4.79 Å². The molecule has 0 spiro atoms. The van der Waals surface area contributed by atoms with E-state index < -0.39 is 0 Å². The van der Waals surface area contributed by atoms with Crippen LogP contribution in [0.25, 0.3) is 0 Å². The van der Waals surface area contributed by atoms with Gasteiger partial charge in [0.25, 0.3) is 5.91 Å². The molecule has 100 valence electrons. The Bertz CT molecular complexity index is 410. The first-order valence-corrected chi connectivity index (χ1v) is 7.21. The number of carbonyl (C=O) groups is 1. The molecule has 6 heteroatoms. The van der Waals surface area contributed by atoms with Crippen LogP contribution in [0.5, 0.6) is 0 Å². The highest BCUT2D eigenvalue weighted by molar-refractivity contribution is 7.09. The smallest absolute Gasteiger partial charge is 0.270 e. The van der Waals surface area contributed by atoms with Gasteiger partial charge in [0.2, 0.25) is 0 Å². The fourth-order valence-corrected chi connectivity index (χ4v) is 2.88. The van der Waals surface area contributed by atoms with Crippen LogP contribution in [0.4, 0.5) is 0 Å². The summed E-state index contributed by atoms with van der Waals surface area (Å²) in [6, 6.07) is 0.407. The second-order valence-corrected chi connectivity index (χ2v) is 5.83. The second kappa shape index (κ2) is 5.77. The highest BCUT2D eigenvalue weighted by Gasteiger charge is 2.21. The Morgan fingerprint density at radius 2 is 2.17 bits per heavy atom. The zero-order chi connectivity index (χ0) is 13.1. The Kier molecular flexibility index (Phi) is 4.31. The summed E-state index contributed by atoms with van der Waals surface area (Å²) in [5.41, 5.74) is 12.0. The van der Waals surface area contributed by atoms with Crippen LogP contribution in [-0.2, 0) is 0 Å². The van der Waals surface area contributed by atoms with E-state index in [1.807, 2.05) is 6.92 Å². The number of nitrogens with two attached hydrogens (primary N) is 2.